The van der Waals surface area contributed by atoms with E-state index >= 15 is 0 Å². The molecule has 0 spiro atoms. The molecule has 0 unspecified atom stereocenters. The van der Waals surface area contributed by atoms with Crippen LogP contribution in [-0.4, -0.2) is 29.4 Å². The number of hydrogen-bond acceptors (Lipinski definition) is 5. The molecule has 94 valence electrons. The number of aromatic nitrogens is 3. The highest BCUT2D eigenvalue weighted by molar-refractivity contribution is 7.91. The van der Waals surface area contributed by atoms with Crippen LogP contribution in [0.15, 0.2) is 35.4 Å². The largest absolute Gasteiger partial charge is 0.253 e. The number of rotatable bonds is 3. The summed E-state index contributed by atoms with van der Waals surface area (Å²) in [6.07, 6.45) is 1.51. The van der Waals surface area contributed by atoms with Crippen molar-refractivity contribution in [1.29, 1.82) is 0 Å². The molecule has 0 aromatic carbocycles. The maximum Gasteiger partial charge on any atom is 0.180 e. The molecule has 0 aliphatic heterocycles. The summed E-state index contributed by atoms with van der Waals surface area (Å²) in [4.78, 5) is 4.22. The summed E-state index contributed by atoms with van der Waals surface area (Å²) >= 11 is 5.64. The van der Waals surface area contributed by atoms with Crippen molar-refractivity contribution in [2.24, 2.45) is 0 Å². The van der Waals surface area contributed by atoms with Gasteiger partial charge in [-0.25, -0.2) is 8.42 Å². The van der Waals surface area contributed by atoms with Crippen LogP contribution >= 0.6 is 11.6 Å². The van der Waals surface area contributed by atoms with Gasteiger partial charge in [-0.1, -0.05) is 18.5 Å². The zero-order valence-corrected chi connectivity index (χ0v) is 11.1. The van der Waals surface area contributed by atoms with E-state index in [4.69, 9.17) is 11.6 Å². The van der Waals surface area contributed by atoms with Crippen LogP contribution in [0.3, 0.4) is 0 Å². The van der Waals surface area contributed by atoms with Gasteiger partial charge in [-0.3, -0.25) is 4.98 Å². The van der Waals surface area contributed by atoms with Crippen molar-refractivity contribution in [2.75, 3.05) is 5.75 Å². The second-order valence-corrected chi connectivity index (χ2v) is 6.13. The number of hydrogen-bond donors (Lipinski definition) is 0. The Kier molecular flexibility index (Phi) is 3.58. The lowest BCUT2D eigenvalue weighted by Crippen LogP contribution is -2.07. The molecular formula is C11H10ClN3O2S. The molecule has 0 atom stereocenters. The topological polar surface area (TPSA) is 72.8 Å². The van der Waals surface area contributed by atoms with E-state index in [1.807, 2.05) is 0 Å². The van der Waals surface area contributed by atoms with Gasteiger partial charge in [-0.05, 0) is 24.3 Å². The Labute approximate surface area is 110 Å². The summed E-state index contributed by atoms with van der Waals surface area (Å²) in [7, 11) is -3.35. The van der Waals surface area contributed by atoms with Crippen molar-refractivity contribution in [1.82, 2.24) is 15.2 Å². The summed E-state index contributed by atoms with van der Waals surface area (Å²) in [6.45, 7) is 1.58. The summed E-state index contributed by atoms with van der Waals surface area (Å²) in [5, 5.41) is 7.78. The van der Waals surface area contributed by atoms with E-state index in [0.717, 1.165) is 0 Å². The van der Waals surface area contributed by atoms with Crippen molar-refractivity contribution < 1.29 is 8.42 Å². The first-order chi connectivity index (χ1) is 8.54. The Hall–Kier alpha value is -1.53. The van der Waals surface area contributed by atoms with Crippen LogP contribution in [-0.2, 0) is 9.84 Å². The maximum absolute atomic E-state index is 11.9. The second kappa shape index (κ2) is 4.99. The SMILES string of the molecule is CCS(=O)(=O)c1cccnc1-c1ccc(Cl)nn1. The number of nitrogens with zero attached hydrogens (tertiary/aromatic N) is 3. The van der Waals surface area contributed by atoms with E-state index < -0.39 is 9.84 Å². The Balaban J connectivity index is 2.62. The summed E-state index contributed by atoms with van der Waals surface area (Å²) in [5.74, 6) is 0.00666. The van der Waals surface area contributed by atoms with E-state index in [9.17, 15) is 8.42 Å². The molecule has 0 radical (unpaired) electrons. The molecule has 0 aliphatic carbocycles. The first kappa shape index (κ1) is 12.9. The summed E-state index contributed by atoms with van der Waals surface area (Å²) < 4.78 is 23.9. The quantitative estimate of drug-likeness (QED) is 0.861. The Morgan fingerprint density at radius 1 is 1.22 bits per heavy atom. The minimum absolute atomic E-state index is 0.00666. The van der Waals surface area contributed by atoms with Gasteiger partial charge in [0.15, 0.2) is 15.0 Å². The average molecular weight is 284 g/mol. The van der Waals surface area contributed by atoms with E-state index in [1.165, 1.54) is 12.3 Å². The molecule has 18 heavy (non-hydrogen) atoms. The summed E-state index contributed by atoms with van der Waals surface area (Å²) in [5.41, 5.74) is 0.676. The van der Waals surface area contributed by atoms with Gasteiger partial charge in [0.2, 0.25) is 0 Å². The molecule has 0 saturated carbocycles. The van der Waals surface area contributed by atoms with Gasteiger partial charge in [-0.15, -0.1) is 10.2 Å². The molecule has 0 saturated heterocycles. The molecule has 0 aliphatic rings. The van der Waals surface area contributed by atoms with Gasteiger partial charge in [-0.2, -0.15) is 0 Å². The molecule has 0 N–H and O–H groups in total. The molecule has 2 rings (SSSR count). The number of halogens is 1. The van der Waals surface area contributed by atoms with Crippen LogP contribution in [0.1, 0.15) is 6.92 Å². The van der Waals surface area contributed by atoms with E-state index in [0.29, 0.717) is 11.4 Å². The van der Waals surface area contributed by atoms with Gasteiger partial charge in [0.25, 0.3) is 0 Å². The Morgan fingerprint density at radius 2 is 2.00 bits per heavy atom. The lowest BCUT2D eigenvalue weighted by atomic mass is 10.2. The zero-order valence-electron chi connectivity index (χ0n) is 9.54. The van der Waals surface area contributed by atoms with Crippen LogP contribution < -0.4 is 0 Å². The highest BCUT2D eigenvalue weighted by atomic mass is 35.5. The van der Waals surface area contributed by atoms with Gasteiger partial charge in [0, 0.05) is 6.20 Å². The van der Waals surface area contributed by atoms with Crippen molar-refractivity contribution in [3.05, 3.63) is 35.6 Å². The average Bonchev–Trinajstić information content (AvgIpc) is 2.40. The smallest absolute Gasteiger partial charge is 0.180 e. The molecule has 0 bridgehead atoms. The van der Waals surface area contributed by atoms with Crippen LogP contribution in [0, 0.1) is 0 Å². The molecule has 0 fully saturated rings. The second-order valence-electron chi connectivity index (χ2n) is 3.49. The fourth-order valence-corrected chi connectivity index (χ4v) is 2.58. The van der Waals surface area contributed by atoms with E-state index in [2.05, 4.69) is 15.2 Å². The van der Waals surface area contributed by atoms with Crippen molar-refractivity contribution in [3.63, 3.8) is 0 Å². The predicted octanol–water partition coefficient (Wildman–Crippen LogP) is 1.99. The standard InChI is InChI=1S/C11H10ClN3O2S/c1-2-18(16,17)9-4-3-7-13-11(9)8-5-6-10(12)15-14-8/h3-7H,2H2,1H3. The Bertz CT molecular complexity index is 656. The van der Waals surface area contributed by atoms with E-state index in [-0.39, 0.29) is 15.8 Å². The first-order valence-corrected chi connectivity index (χ1v) is 7.25. The number of sulfone groups is 1. The third-order valence-corrected chi connectivity index (χ3v) is 4.32. The highest BCUT2D eigenvalue weighted by Crippen LogP contribution is 2.24. The molecule has 7 heteroatoms. The van der Waals surface area contributed by atoms with Crippen LogP contribution in [0.4, 0.5) is 0 Å². The molecule has 2 aromatic rings. The minimum atomic E-state index is -3.35. The molecule has 0 amide bonds. The van der Waals surface area contributed by atoms with Gasteiger partial charge < -0.3 is 0 Å². The molecule has 5 nitrogen and oxygen atoms in total. The lowest BCUT2D eigenvalue weighted by molar-refractivity contribution is 0.597. The van der Waals surface area contributed by atoms with Gasteiger partial charge in [0.05, 0.1) is 10.6 Å². The molecular weight excluding hydrogens is 274 g/mol. The van der Waals surface area contributed by atoms with Crippen LogP contribution in [0.5, 0.6) is 0 Å². The minimum Gasteiger partial charge on any atom is -0.253 e. The lowest BCUT2D eigenvalue weighted by Gasteiger charge is -2.06. The van der Waals surface area contributed by atoms with Gasteiger partial charge in [0.1, 0.15) is 11.4 Å². The normalized spacial score (nSPS) is 11.4. The fourth-order valence-electron chi connectivity index (χ4n) is 1.43. The predicted molar refractivity (Wildman–Crippen MR) is 68.0 cm³/mol. The maximum atomic E-state index is 11.9. The first-order valence-electron chi connectivity index (χ1n) is 5.22. The van der Waals surface area contributed by atoms with Crippen molar-refractivity contribution in [3.8, 4) is 11.4 Å². The van der Waals surface area contributed by atoms with E-state index in [1.54, 1.807) is 25.1 Å². The Morgan fingerprint density at radius 3 is 2.61 bits per heavy atom. The third-order valence-electron chi connectivity index (χ3n) is 2.36. The van der Waals surface area contributed by atoms with Crippen molar-refractivity contribution in [2.45, 2.75) is 11.8 Å². The third kappa shape index (κ3) is 2.49. The van der Waals surface area contributed by atoms with Crippen LogP contribution in [0.25, 0.3) is 11.4 Å². The fraction of sp³-hybridized carbons (Fsp3) is 0.182. The number of pyridine rings is 1. The highest BCUT2D eigenvalue weighted by Gasteiger charge is 2.19. The van der Waals surface area contributed by atoms with Crippen molar-refractivity contribution >= 4 is 21.4 Å². The van der Waals surface area contributed by atoms with Gasteiger partial charge >= 0.3 is 0 Å². The summed E-state index contributed by atoms with van der Waals surface area (Å²) in [6, 6.07) is 6.22. The zero-order chi connectivity index (χ0) is 13.2. The molecule has 2 heterocycles. The van der Waals surface area contributed by atoms with Crippen LogP contribution in [0.2, 0.25) is 5.15 Å². The monoisotopic (exact) mass is 283 g/mol. The molecule has 2 aromatic heterocycles.